The van der Waals surface area contributed by atoms with Crippen LogP contribution in [0, 0.1) is 11.8 Å². The van der Waals surface area contributed by atoms with Gasteiger partial charge in [-0.1, -0.05) is 36.4 Å². The van der Waals surface area contributed by atoms with Crippen LogP contribution in [0.2, 0.25) is 0 Å². The second kappa shape index (κ2) is 11.6. The van der Waals surface area contributed by atoms with Gasteiger partial charge in [0.2, 0.25) is 0 Å². The number of para-hydroxylation sites is 1. The first kappa shape index (κ1) is 23.7. The van der Waals surface area contributed by atoms with Crippen molar-refractivity contribution in [2.45, 2.75) is 31.8 Å². The largest absolute Gasteiger partial charge is 0.432 e. The summed E-state index contributed by atoms with van der Waals surface area (Å²) in [5.41, 5.74) is 0. The van der Waals surface area contributed by atoms with Crippen LogP contribution in [-0.2, 0) is 13.7 Å². The molecule has 0 spiro atoms. The molecule has 2 aliphatic rings. The molecule has 10 heteroatoms. The highest BCUT2D eigenvalue weighted by molar-refractivity contribution is 8.95. The van der Waals surface area contributed by atoms with Gasteiger partial charge in [0.25, 0.3) is 7.23 Å². The maximum atomic E-state index is 12.6. The summed E-state index contributed by atoms with van der Waals surface area (Å²) in [6.45, 7) is -2.99. The zero-order chi connectivity index (χ0) is 20.7. The van der Waals surface area contributed by atoms with Crippen molar-refractivity contribution >= 4 is 63.3 Å². The van der Waals surface area contributed by atoms with Crippen LogP contribution in [0.25, 0.3) is 0 Å². The molecule has 0 aliphatic heterocycles. The number of hydrogen-bond acceptors (Lipinski definition) is 8. The predicted octanol–water partition coefficient (Wildman–Crippen LogP) is 7.32. The molecular formula is C19H24O4P2S4. The van der Waals surface area contributed by atoms with Crippen molar-refractivity contribution in [2.75, 3.05) is 0 Å². The molecule has 29 heavy (non-hydrogen) atoms. The molecule has 0 heterocycles. The van der Waals surface area contributed by atoms with E-state index in [1.165, 1.54) is 19.3 Å². The molecule has 0 aromatic heterocycles. The van der Waals surface area contributed by atoms with Crippen LogP contribution in [0.3, 0.4) is 0 Å². The quantitative estimate of drug-likeness (QED) is 0.233. The number of hydrogen-bond donors (Lipinski definition) is 2. The van der Waals surface area contributed by atoms with E-state index in [-0.39, 0.29) is 6.10 Å². The highest BCUT2D eigenvalue weighted by atomic mass is 33.3. The molecule has 2 aliphatic carbocycles. The molecule has 2 saturated carbocycles. The van der Waals surface area contributed by atoms with E-state index >= 15 is 0 Å². The summed E-state index contributed by atoms with van der Waals surface area (Å²) in [5, 5.41) is 0.656. The van der Waals surface area contributed by atoms with E-state index in [0.717, 1.165) is 33.2 Å². The number of thiol groups is 2. The Morgan fingerprint density at radius 1 is 0.966 bits per heavy atom. The fraction of sp³-hybridized carbons (Fsp3) is 0.368. The monoisotopic (exact) mass is 506 g/mol. The molecule has 5 unspecified atom stereocenters. The number of benzene rings is 2. The van der Waals surface area contributed by atoms with Gasteiger partial charge in [-0.3, -0.25) is 9.13 Å². The van der Waals surface area contributed by atoms with Gasteiger partial charge in [-0.2, -0.15) is 0 Å². The second-order valence-corrected chi connectivity index (χ2v) is 16.4. The third kappa shape index (κ3) is 6.77. The van der Waals surface area contributed by atoms with Gasteiger partial charge in [-0.05, 0) is 72.2 Å². The first-order valence-electron chi connectivity index (χ1n) is 9.29. The summed E-state index contributed by atoms with van der Waals surface area (Å²) in [6.07, 6.45) is 5.36. The Morgan fingerprint density at radius 2 is 1.62 bits per heavy atom. The van der Waals surface area contributed by atoms with Crippen LogP contribution in [0.5, 0.6) is 5.75 Å². The lowest BCUT2D eigenvalue weighted by atomic mass is 9.98. The Morgan fingerprint density at radius 3 is 2.14 bits per heavy atom. The molecule has 2 aromatic carbocycles. The number of rotatable bonds is 7. The molecule has 0 N–H and O–H groups in total. The Labute approximate surface area is 190 Å². The smallest absolute Gasteiger partial charge is 0.343 e. The lowest BCUT2D eigenvalue weighted by molar-refractivity contribution is 0.153. The van der Waals surface area contributed by atoms with Gasteiger partial charge in [-0.15, -0.1) is 23.3 Å². The predicted molar refractivity (Wildman–Crippen MR) is 133 cm³/mol. The van der Waals surface area contributed by atoms with Crippen LogP contribution in [0.4, 0.5) is 0 Å². The summed E-state index contributed by atoms with van der Waals surface area (Å²) in [7, 11) is 0.103. The maximum Gasteiger partial charge on any atom is 0.343 e. The van der Waals surface area contributed by atoms with Gasteiger partial charge in [0.05, 0.1) is 11.4 Å². The van der Waals surface area contributed by atoms with Crippen molar-refractivity contribution < 1.29 is 18.2 Å². The average molecular weight is 507 g/mol. The zero-order valence-electron chi connectivity index (χ0n) is 15.6. The molecule has 0 radical (unpaired) electrons. The van der Waals surface area contributed by atoms with E-state index < -0.39 is 13.8 Å². The first-order valence-corrected chi connectivity index (χ1v) is 17.3. The molecule has 0 saturated heterocycles. The highest BCUT2D eigenvalue weighted by Gasteiger charge is 2.40. The summed E-state index contributed by atoms with van der Waals surface area (Å²) in [4.78, 5) is 0. The van der Waals surface area contributed by atoms with Gasteiger partial charge in [0.15, 0.2) is 0 Å². The molecule has 5 atom stereocenters. The van der Waals surface area contributed by atoms with E-state index in [1.807, 2.05) is 36.4 Å². The normalized spacial score (nSPS) is 25.5. The average Bonchev–Trinajstić information content (AvgIpc) is 3.38. The van der Waals surface area contributed by atoms with E-state index in [1.54, 1.807) is 24.3 Å². The summed E-state index contributed by atoms with van der Waals surface area (Å²) >= 11 is 7.95. The van der Waals surface area contributed by atoms with Crippen LogP contribution in [0.1, 0.15) is 25.7 Å². The summed E-state index contributed by atoms with van der Waals surface area (Å²) < 4.78 is 34.7. The molecule has 0 amide bonds. The van der Waals surface area contributed by atoms with E-state index in [9.17, 15) is 9.13 Å². The van der Waals surface area contributed by atoms with Crippen molar-refractivity contribution in [3.05, 3.63) is 60.7 Å². The summed E-state index contributed by atoms with van der Waals surface area (Å²) in [6, 6.07) is 18.2. The third-order valence-electron chi connectivity index (χ3n) is 5.14. The Bertz CT molecular complexity index is 841. The topological polar surface area (TPSA) is 52.6 Å². The van der Waals surface area contributed by atoms with Gasteiger partial charge in [0.1, 0.15) is 5.75 Å². The first-order chi connectivity index (χ1) is 14.0. The van der Waals surface area contributed by atoms with E-state index in [2.05, 4.69) is 23.3 Å². The van der Waals surface area contributed by atoms with Crippen molar-refractivity contribution in [1.82, 2.24) is 0 Å². The van der Waals surface area contributed by atoms with Gasteiger partial charge in [0, 0.05) is 10.4 Å². The van der Waals surface area contributed by atoms with Crippen LogP contribution >= 0.6 is 57.9 Å². The Hall–Kier alpha value is 0.0600. The zero-order valence-corrected chi connectivity index (χ0v) is 20.9. The SMILES string of the molecule is O=P(Oc1ccccc1)(SS)c1ccccc1.O=[PH](OC1CC2CCC1C2)SS. The molecule has 158 valence electrons. The van der Waals surface area contributed by atoms with E-state index in [0.29, 0.717) is 17.0 Å². The van der Waals surface area contributed by atoms with Crippen molar-refractivity contribution in [1.29, 1.82) is 0 Å². The van der Waals surface area contributed by atoms with E-state index in [4.69, 9.17) is 9.05 Å². The number of fused-ring (bicyclic) bond motifs is 2. The molecule has 4 rings (SSSR count). The van der Waals surface area contributed by atoms with Crippen molar-refractivity contribution in [3.8, 4) is 5.75 Å². The van der Waals surface area contributed by atoms with Crippen LogP contribution in [-0.4, -0.2) is 6.10 Å². The van der Waals surface area contributed by atoms with Crippen LogP contribution < -0.4 is 9.83 Å². The molecule has 2 bridgehead atoms. The fourth-order valence-electron chi connectivity index (χ4n) is 3.82. The molecule has 4 nitrogen and oxygen atoms in total. The minimum absolute atomic E-state index is 0.287. The van der Waals surface area contributed by atoms with Gasteiger partial charge in [-0.25, -0.2) is 0 Å². The molecule has 2 aromatic rings. The highest BCUT2D eigenvalue weighted by Crippen LogP contribution is 2.59. The Balaban J connectivity index is 0.000000176. The fourth-order valence-corrected chi connectivity index (χ4v) is 8.61. The van der Waals surface area contributed by atoms with Gasteiger partial charge < -0.3 is 9.05 Å². The third-order valence-corrected chi connectivity index (χ3v) is 12.9. The minimum Gasteiger partial charge on any atom is -0.432 e. The lowest BCUT2D eigenvalue weighted by Crippen LogP contribution is -2.16. The molecule has 2 fully saturated rings. The molecular weight excluding hydrogens is 482 g/mol. The minimum atomic E-state index is -2.99. The van der Waals surface area contributed by atoms with Gasteiger partial charge >= 0.3 is 6.57 Å². The second-order valence-electron chi connectivity index (χ2n) is 6.99. The lowest BCUT2D eigenvalue weighted by Gasteiger charge is -2.20. The maximum absolute atomic E-state index is 12.6. The standard InChI is InChI=1S/C12H11O2PS2.C7H13O2PS2/c13-15(17-16,12-9-5-2-6-10-12)14-11-7-3-1-4-8-11;8-10(12-11)9-7-4-5-1-2-6(7)3-5/h1-10,16H;5-7,10-11H,1-4H2. The van der Waals surface area contributed by atoms with Crippen molar-refractivity contribution in [2.24, 2.45) is 11.8 Å². The van der Waals surface area contributed by atoms with Crippen LogP contribution in [0.15, 0.2) is 60.7 Å². The Kier molecular flexibility index (Phi) is 9.50. The summed E-state index contributed by atoms with van der Waals surface area (Å²) in [5.74, 6) is 2.14. The van der Waals surface area contributed by atoms with Crippen molar-refractivity contribution in [3.63, 3.8) is 0 Å².